The zero-order chi connectivity index (χ0) is 15.5. The summed E-state index contributed by atoms with van der Waals surface area (Å²) >= 11 is 7.56. The van der Waals surface area contributed by atoms with Crippen molar-refractivity contribution in [1.82, 2.24) is 10.1 Å². The number of carbonyl (C=O) groups excluding carboxylic acids is 1. The number of primary amides is 1. The summed E-state index contributed by atoms with van der Waals surface area (Å²) in [5, 5.41) is 11.2. The van der Waals surface area contributed by atoms with E-state index in [-0.39, 0.29) is 5.56 Å². The molecule has 0 bridgehead atoms. The lowest BCUT2D eigenvalue weighted by atomic mass is 10.2. The molecule has 2 aromatic heterocycles. The van der Waals surface area contributed by atoms with Gasteiger partial charge in [-0.1, -0.05) is 16.8 Å². The van der Waals surface area contributed by atoms with Crippen molar-refractivity contribution in [3.63, 3.8) is 0 Å². The minimum Gasteiger partial charge on any atom is -0.376 e. The van der Waals surface area contributed by atoms with Crippen LogP contribution in [0.15, 0.2) is 39.5 Å². The normalized spacial score (nSPS) is 10.6. The number of amides is 1. The van der Waals surface area contributed by atoms with Crippen LogP contribution < -0.4 is 11.1 Å². The summed E-state index contributed by atoms with van der Waals surface area (Å²) in [4.78, 5) is 15.4. The smallest absolute Gasteiger partial charge is 0.250 e. The number of halogens is 1. The van der Waals surface area contributed by atoms with E-state index in [4.69, 9.17) is 21.9 Å². The van der Waals surface area contributed by atoms with Crippen LogP contribution in [0.3, 0.4) is 0 Å². The molecule has 0 saturated heterocycles. The van der Waals surface area contributed by atoms with Crippen molar-refractivity contribution < 1.29 is 9.32 Å². The molecule has 0 fully saturated rings. The number of hydrogen-bond donors (Lipinski definition) is 2. The second kappa shape index (κ2) is 6.17. The van der Waals surface area contributed by atoms with E-state index in [1.807, 2.05) is 16.8 Å². The summed E-state index contributed by atoms with van der Waals surface area (Å²) in [5.74, 6) is 0.449. The highest BCUT2D eigenvalue weighted by atomic mass is 35.5. The van der Waals surface area contributed by atoms with E-state index in [9.17, 15) is 4.79 Å². The number of hydrogen-bond acceptors (Lipinski definition) is 6. The van der Waals surface area contributed by atoms with Gasteiger partial charge in [-0.15, -0.1) is 0 Å². The van der Waals surface area contributed by atoms with Crippen molar-refractivity contribution in [3.05, 3.63) is 51.5 Å². The number of thiophene rings is 1. The Balaban J connectivity index is 1.68. The van der Waals surface area contributed by atoms with Crippen molar-refractivity contribution >= 4 is 34.5 Å². The Labute approximate surface area is 134 Å². The quantitative estimate of drug-likeness (QED) is 0.747. The van der Waals surface area contributed by atoms with Crippen molar-refractivity contribution in [2.24, 2.45) is 5.73 Å². The molecule has 0 unspecified atom stereocenters. The van der Waals surface area contributed by atoms with E-state index in [1.54, 1.807) is 29.5 Å². The SMILES string of the molecule is NC(=O)c1ccc(NCc2nc(-c3ccsc3)no2)cc1Cl. The number of aromatic nitrogens is 2. The van der Waals surface area contributed by atoms with Crippen LogP contribution in [0.4, 0.5) is 5.69 Å². The zero-order valence-corrected chi connectivity index (χ0v) is 12.8. The van der Waals surface area contributed by atoms with Gasteiger partial charge in [0.05, 0.1) is 17.1 Å². The summed E-state index contributed by atoms with van der Waals surface area (Å²) in [6, 6.07) is 6.83. The second-order valence-corrected chi connectivity index (χ2v) is 5.62. The third kappa shape index (κ3) is 3.10. The Morgan fingerprint density at radius 1 is 1.41 bits per heavy atom. The van der Waals surface area contributed by atoms with Crippen LogP contribution in [0.25, 0.3) is 11.4 Å². The van der Waals surface area contributed by atoms with Gasteiger partial charge in [-0.3, -0.25) is 4.79 Å². The number of nitrogens with one attached hydrogen (secondary N) is 1. The number of nitrogens with zero attached hydrogens (tertiary/aromatic N) is 2. The Kier molecular flexibility index (Phi) is 4.08. The van der Waals surface area contributed by atoms with Crippen LogP contribution in [0, 0.1) is 0 Å². The zero-order valence-electron chi connectivity index (χ0n) is 11.2. The first-order valence-corrected chi connectivity index (χ1v) is 7.64. The van der Waals surface area contributed by atoms with E-state index in [2.05, 4.69) is 15.5 Å². The molecule has 22 heavy (non-hydrogen) atoms. The molecule has 112 valence electrons. The molecule has 8 heteroatoms. The van der Waals surface area contributed by atoms with Crippen molar-refractivity contribution in [2.45, 2.75) is 6.54 Å². The molecule has 2 heterocycles. The summed E-state index contributed by atoms with van der Waals surface area (Å²) in [7, 11) is 0. The van der Waals surface area contributed by atoms with Crippen LogP contribution in [0.1, 0.15) is 16.2 Å². The third-order valence-corrected chi connectivity index (χ3v) is 3.92. The topological polar surface area (TPSA) is 94.0 Å². The van der Waals surface area contributed by atoms with Gasteiger partial charge in [-0.05, 0) is 29.6 Å². The summed E-state index contributed by atoms with van der Waals surface area (Å²) in [6.45, 7) is 0.351. The molecule has 0 aliphatic heterocycles. The van der Waals surface area contributed by atoms with Gasteiger partial charge in [0, 0.05) is 16.6 Å². The number of benzene rings is 1. The molecule has 0 saturated carbocycles. The first kappa shape index (κ1) is 14.6. The molecule has 1 aromatic carbocycles. The fourth-order valence-electron chi connectivity index (χ4n) is 1.84. The lowest BCUT2D eigenvalue weighted by molar-refractivity contribution is 0.100. The van der Waals surface area contributed by atoms with Crippen molar-refractivity contribution in [2.75, 3.05) is 5.32 Å². The lowest BCUT2D eigenvalue weighted by Gasteiger charge is -2.05. The molecule has 1 amide bonds. The molecular formula is C14H11ClN4O2S. The maximum absolute atomic E-state index is 11.1. The van der Waals surface area contributed by atoms with Crippen LogP contribution >= 0.6 is 22.9 Å². The number of anilines is 1. The van der Waals surface area contributed by atoms with Crippen molar-refractivity contribution in [3.8, 4) is 11.4 Å². The van der Waals surface area contributed by atoms with Gasteiger partial charge in [-0.25, -0.2) is 0 Å². The van der Waals surface area contributed by atoms with E-state index in [0.717, 1.165) is 11.3 Å². The van der Waals surface area contributed by atoms with E-state index >= 15 is 0 Å². The van der Waals surface area contributed by atoms with Gasteiger partial charge in [-0.2, -0.15) is 16.3 Å². The largest absolute Gasteiger partial charge is 0.376 e. The summed E-state index contributed by atoms with van der Waals surface area (Å²) in [5.41, 5.74) is 7.14. The molecule has 3 rings (SSSR count). The molecule has 3 N–H and O–H groups in total. The molecule has 0 aliphatic rings. The first-order valence-electron chi connectivity index (χ1n) is 6.32. The number of nitrogens with two attached hydrogens (primary N) is 1. The molecule has 3 aromatic rings. The van der Waals surface area contributed by atoms with E-state index in [0.29, 0.717) is 23.3 Å². The third-order valence-electron chi connectivity index (χ3n) is 2.93. The minimum absolute atomic E-state index is 0.282. The predicted molar refractivity (Wildman–Crippen MR) is 84.9 cm³/mol. The Bertz CT molecular complexity index is 801. The predicted octanol–water partition coefficient (Wildman–Crippen LogP) is 3.16. The molecule has 0 atom stereocenters. The lowest BCUT2D eigenvalue weighted by Crippen LogP contribution is -2.11. The minimum atomic E-state index is -0.561. The highest BCUT2D eigenvalue weighted by Gasteiger charge is 2.10. The van der Waals surface area contributed by atoms with Gasteiger partial charge < -0.3 is 15.6 Å². The molecule has 0 radical (unpaired) electrons. The summed E-state index contributed by atoms with van der Waals surface area (Å²) in [6.07, 6.45) is 0. The molecular weight excluding hydrogens is 324 g/mol. The highest BCUT2D eigenvalue weighted by Crippen LogP contribution is 2.22. The fraction of sp³-hybridized carbons (Fsp3) is 0.0714. The van der Waals surface area contributed by atoms with Gasteiger partial charge >= 0.3 is 0 Å². The molecule has 0 aliphatic carbocycles. The Morgan fingerprint density at radius 3 is 2.95 bits per heavy atom. The van der Waals surface area contributed by atoms with Crippen molar-refractivity contribution in [1.29, 1.82) is 0 Å². The van der Waals surface area contributed by atoms with Gasteiger partial charge in [0.1, 0.15) is 0 Å². The Morgan fingerprint density at radius 2 is 2.27 bits per heavy atom. The van der Waals surface area contributed by atoms with Gasteiger partial charge in [0.25, 0.3) is 0 Å². The van der Waals surface area contributed by atoms with E-state index in [1.165, 1.54) is 0 Å². The summed E-state index contributed by atoms with van der Waals surface area (Å²) < 4.78 is 5.18. The monoisotopic (exact) mass is 334 g/mol. The van der Waals surface area contributed by atoms with Crippen LogP contribution in [0.5, 0.6) is 0 Å². The molecule has 6 nitrogen and oxygen atoms in total. The first-order chi connectivity index (χ1) is 10.6. The highest BCUT2D eigenvalue weighted by molar-refractivity contribution is 7.08. The number of rotatable bonds is 5. The second-order valence-electron chi connectivity index (χ2n) is 4.44. The molecule has 0 spiro atoms. The average molecular weight is 335 g/mol. The van der Waals surface area contributed by atoms with Crippen LogP contribution in [0.2, 0.25) is 5.02 Å². The van der Waals surface area contributed by atoms with E-state index < -0.39 is 5.91 Å². The average Bonchev–Trinajstić information content (AvgIpc) is 3.16. The maximum Gasteiger partial charge on any atom is 0.250 e. The number of carbonyl (C=O) groups is 1. The van der Waals surface area contributed by atoms with Crippen LogP contribution in [-0.2, 0) is 6.54 Å². The van der Waals surface area contributed by atoms with Gasteiger partial charge in [0.15, 0.2) is 0 Å². The Hall–Kier alpha value is -2.38. The fourth-order valence-corrected chi connectivity index (χ4v) is 2.75. The maximum atomic E-state index is 11.1. The van der Waals surface area contributed by atoms with Crippen LogP contribution in [-0.4, -0.2) is 16.0 Å². The standard InChI is InChI=1S/C14H11ClN4O2S/c15-11-5-9(1-2-10(11)13(16)20)17-6-12-18-14(19-21-12)8-3-4-22-7-8/h1-5,7,17H,6H2,(H2,16,20). The van der Waals surface area contributed by atoms with Gasteiger partial charge in [0.2, 0.25) is 17.6 Å².